The molecule has 0 spiro atoms. The SMILES string of the molecule is Cc1csc(Cc2ccccc2C(F)(F)F)n1. The van der Waals surface area contributed by atoms with Crippen molar-refractivity contribution in [3.8, 4) is 0 Å². The molecule has 0 saturated carbocycles. The number of rotatable bonds is 2. The van der Waals surface area contributed by atoms with Gasteiger partial charge in [0.15, 0.2) is 0 Å². The number of aryl methyl sites for hydroxylation is 1. The Morgan fingerprint density at radius 3 is 2.53 bits per heavy atom. The first-order valence-electron chi connectivity index (χ1n) is 5.03. The van der Waals surface area contributed by atoms with E-state index in [0.29, 0.717) is 5.01 Å². The van der Waals surface area contributed by atoms with E-state index in [9.17, 15) is 13.2 Å². The molecule has 90 valence electrons. The van der Waals surface area contributed by atoms with E-state index in [1.54, 1.807) is 6.07 Å². The molecule has 2 rings (SSSR count). The lowest BCUT2D eigenvalue weighted by Gasteiger charge is -2.11. The van der Waals surface area contributed by atoms with Gasteiger partial charge in [-0.15, -0.1) is 11.3 Å². The van der Waals surface area contributed by atoms with Gasteiger partial charge in [-0.05, 0) is 18.6 Å². The Kier molecular flexibility index (Phi) is 3.19. The van der Waals surface area contributed by atoms with Crippen molar-refractivity contribution in [1.29, 1.82) is 0 Å². The summed E-state index contributed by atoms with van der Waals surface area (Å²) in [5.74, 6) is 0. The van der Waals surface area contributed by atoms with E-state index in [-0.39, 0.29) is 12.0 Å². The van der Waals surface area contributed by atoms with Crippen LogP contribution >= 0.6 is 11.3 Å². The van der Waals surface area contributed by atoms with Crippen LogP contribution in [0.1, 0.15) is 21.8 Å². The second-order valence-corrected chi connectivity index (χ2v) is 4.66. The zero-order chi connectivity index (χ0) is 12.5. The number of aromatic nitrogens is 1. The zero-order valence-electron chi connectivity index (χ0n) is 9.08. The summed E-state index contributed by atoms with van der Waals surface area (Å²) in [6.45, 7) is 1.83. The Morgan fingerprint density at radius 1 is 1.24 bits per heavy atom. The van der Waals surface area contributed by atoms with Gasteiger partial charge in [0.05, 0.1) is 10.6 Å². The van der Waals surface area contributed by atoms with Gasteiger partial charge in [-0.3, -0.25) is 0 Å². The minimum atomic E-state index is -4.30. The van der Waals surface area contributed by atoms with Crippen LogP contribution in [-0.4, -0.2) is 4.98 Å². The predicted molar refractivity (Wildman–Crippen MR) is 61.1 cm³/mol. The molecule has 1 aromatic heterocycles. The molecule has 5 heteroatoms. The smallest absolute Gasteiger partial charge is 0.246 e. The van der Waals surface area contributed by atoms with Crippen molar-refractivity contribution in [2.24, 2.45) is 0 Å². The van der Waals surface area contributed by atoms with E-state index in [4.69, 9.17) is 0 Å². The molecule has 0 bridgehead atoms. The summed E-state index contributed by atoms with van der Waals surface area (Å²) >= 11 is 1.39. The molecular formula is C12H10F3NS. The molecular weight excluding hydrogens is 247 g/mol. The Balaban J connectivity index is 2.33. The van der Waals surface area contributed by atoms with Crippen LogP contribution < -0.4 is 0 Å². The number of hydrogen-bond acceptors (Lipinski definition) is 2. The van der Waals surface area contributed by atoms with Crippen molar-refractivity contribution in [3.05, 3.63) is 51.5 Å². The molecule has 1 aromatic carbocycles. The average Bonchev–Trinajstić information content (AvgIpc) is 2.63. The fourth-order valence-electron chi connectivity index (χ4n) is 1.60. The van der Waals surface area contributed by atoms with Gasteiger partial charge in [-0.25, -0.2) is 4.98 Å². The molecule has 0 fully saturated rings. The van der Waals surface area contributed by atoms with Crippen LogP contribution in [0.4, 0.5) is 13.2 Å². The summed E-state index contributed by atoms with van der Waals surface area (Å²) in [6.07, 6.45) is -4.07. The maximum absolute atomic E-state index is 12.7. The summed E-state index contributed by atoms with van der Waals surface area (Å²) in [6, 6.07) is 5.62. The molecule has 2 aromatic rings. The highest BCUT2D eigenvalue weighted by Gasteiger charge is 2.32. The van der Waals surface area contributed by atoms with Crippen LogP contribution in [0.25, 0.3) is 0 Å². The van der Waals surface area contributed by atoms with Crippen molar-refractivity contribution in [1.82, 2.24) is 4.98 Å². The van der Waals surface area contributed by atoms with E-state index in [2.05, 4.69) is 4.98 Å². The highest BCUT2D eigenvalue weighted by molar-refractivity contribution is 7.09. The van der Waals surface area contributed by atoms with Crippen LogP contribution in [0, 0.1) is 6.92 Å². The van der Waals surface area contributed by atoms with Crippen LogP contribution in [0.2, 0.25) is 0 Å². The third-order valence-corrected chi connectivity index (χ3v) is 3.30. The maximum Gasteiger partial charge on any atom is 0.416 e. The molecule has 1 nitrogen and oxygen atoms in total. The molecule has 0 aliphatic rings. The average molecular weight is 257 g/mol. The Morgan fingerprint density at radius 2 is 1.94 bits per heavy atom. The normalized spacial score (nSPS) is 11.8. The lowest BCUT2D eigenvalue weighted by atomic mass is 10.0. The van der Waals surface area contributed by atoms with Crippen LogP contribution in [0.15, 0.2) is 29.6 Å². The zero-order valence-corrected chi connectivity index (χ0v) is 9.90. The number of benzene rings is 1. The summed E-state index contributed by atoms with van der Waals surface area (Å²) in [7, 11) is 0. The first kappa shape index (κ1) is 12.1. The molecule has 1 heterocycles. The van der Waals surface area contributed by atoms with Crippen molar-refractivity contribution >= 4 is 11.3 Å². The quantitative estimate of drug-likeness (QED) is 0.790. The maximum atomic E-state index is 12.7. The molecule has 0 radical (unpaired) electrons. The lowest BCUT2D eigenvalue weighted by Crippen LogP contribution is -2.09. The van der Waals surface area contributed by atoms with Crippen LogP contribution in [0.3, 0.4) is 0 Å². The molecule has 0 aliphatic heterocycles. The van der Waals surface area contributed by atoms with Crippen molar-refractivity contribution in [2.75, 3.05) is 0 Å². The van der Waals surface area contributed by atoms with Gasteiger partial charge in [0.25, 0.3) is 0 Å². The third-order valence-electron chi connectivity index (χ3n) is 2.33. The number of halogens is 3. The minimum Gasteiger partial charge on any atom is -0.246 e. The topological polar surface area (TPSA) is 12.9 Å². The highest BCUT2D eigenvalue weighted by Crippen LogP contribution is 2.33. The molecule has 0 atom stereocenters. The molecule has 0 N–H and O–H groups in total. The lowest BCUT2D eigenvalue weighted by molar-refractivity contribution is -0.138. The van der Waals surface area contributed by atoms with Gasteiger partial charge in [-0.2, -0.15) is 13.2 Å². The number of nitrogens with zero attached hydrogens (tertiary/aromatic N) is 1. The molecule has 17 heavy (non-hydrogen) atoms. The predicted octanol–water partition coefficient (Wildman–Crippen LogP) is 4.06. The van der Waals surface area contributed by atoms with Crippen LogP contribution in [-0.2, 0) is 12.6 Å². The molecule has 0 unspecified atom stereocenters. The third kappa shape index (κ3) is 2.85. The fourth-order valence-corrected chi connectivity index (χ4v) is 2.39. The van der Waals surface area contributed by atoms with Crippen molar-refractivity contribution in [2.45, 2.75) is 19.5 Å². The summed E-state index contributed by atoms with van der Waals surface area (Å²) in [5, 5.41) is 2.55. The van der Waals surface area contributed by atoms with Crippen molar-refractivity contribution < 1.29 is 13.2 Å². The Hall–Kier alpha value is -1.36. The van der Waals surface area contributed by atoms with Crippen molar-refractivity contribution in [3.63, 3.8) is 0 Å². The Labute approximate surface area is 101 Å². The first-order chi connectivity index (χ1) is 7.97. The Bertz CT molecular complexity index is 516. The van der Waals surface area contributed by atoms with E-state index in [0.717, 1.165) is 11.8 Å². The summed E-state index contributed by atoms with van der Waals surface area (Å²) < 4.78 is 38.2. The standard InChI is InChI=1S/C12H10F3NS/c1-8-7-17-11(16-8)6-9-4-2-3-5-10(9)12(13,14)15/h2-5,7H,6H2,1H3. The highest BCUT2D eigenvalue weighted by atomic mass is 32.1. The van der Waals surface area contributed by atoms with Gasteiger partial charge >= 0.3 is 6.18 Å². The van der Waals surface area contributed by atoms with E-state index in [1.807, 2.05) is 12.3 Å². The van der Waals surface area contributed by atoms with Gasteiger partial charge in [0.2, 0.25) is 0 Å². The van der Waals surface area contributed by atoms with E-state index in [1.165, 1.54) is 23.5 Å². The number of alkyl halides is 3. The van der Waals surface area contributed by atoms with E-state index < -0.39 is 11.7 Å². The minimum absolute atomic E-state index is 0.230. The first-order valence-corrected chi connectivity index (χ1v) is 5.91. The number of hydrogen-bond donors (Lipinski definition) is 0. The largest absolute Gasteiger partial charge is 0.416 e. The molecule has 0 saturated heterocycles. The second kappa shape index (κ2) is 4.49. The van der Waals surface area contributed by atoms with Crippen LogP contribution in [0.5, 0.6) is 0 Å². The number of thiazole rings is 1. The summed E-state index contributed by atoms with van der Waals surface area (Å²) in [4.78, 5) is 4.18. The second-order valence-electron chi connectivity index (χ2n) is 3.71. The van der Waals surface area contributed by atoms with E-state index >= 15 is 0 Å². The fraction of sp³-hybridized carbons (Fsp3) is 0.250. The van der Waals surface area contributed by atoms with Gasteiger partial charge in [-0.1, -0.05) is 18.2 Å². The van der Waals surface area contributed by atoms with Gasteiger partial charge in [0.1, 0.15) is 0 Å². The monoisotopic (exact) mass is 257 g/mol. The summed E-state index contributed by atoms with van der Waals surface area (Å²) in [5.41, 5.74) is 0.539. The van der Waals surface area contributed by atoms with Gasteiger partial charge < -0.3 is 0 Å². The molecule has 0 amide bonds. The molecule has 0 aliphatic carbocycles. The van der Waals surface area contributed by atoms with Gasteiger partial charge in [0, 0.05) is 17.5 Å².